The van der Waals surface area contributed by atoms with Gasteiger partial charge in [-0.1, -0.05) is 0 Å². The van der Waals surface area contributed by atoms with Crippen LogP contribution in [0.4, 0.5) is 10.1 Å². The van der Waals surface area contributed by atoms with Crippen LogP contribution in [0.3, 0.4) is 0 Å². The normalized spacial score (nSPS) is 15.8. The Hall–Kier alpha value is -2.02. The summed E-state index contributed by atoms with van der Waals surface area (Å²) in [6.07, 6.45) is 1.63. The molecular weight excluding hydrogens is 269 g/mol. The molecule has 0 bridgehead atoms. The molecule has 0 unspecified atom stereocenters. The highest BCUT2D eigenvalue weighted by Crippen LogP contribution is 2.20. The van der Waals surface area contributed by atoms with Crippen molar-refractivity contribution in [3.8, 4) is 0 Å². The molecule has 20 heavy (non-hydrogen) atoms. The highest BCUT2D eigenvalue weighted by Gasteiger charge is 2.20. The van der Waals surface area contributed by atoms with E-state index < -0.39 is 22.4 Å². The van der Waals surface area contributed by atoms with Crippen molar-refractivity contribution in [2.45, 2.75) is 12.8 Å². The molecule has 108 valence electrons. The third kappa shape index (κ3) is 3.51. The minimum Gasteiger partial charge on any atom is -0.462 e. The van der Waals surface area contributed by atoms with Crippen molar-refractivity contribution < 1.29 is 23.6 Å². The summed E-state index contributed by atoms with van der Waals surface area (Å²) in [5, 5.41) is 10.6. The first-order valence-corrected chi connectivity index (χ1v) is 6.26. The molecule has 1 aromatic carbocycles. The molecule has 6 nitrogen and oxygen atoms in total. The summed E-state index contributed by atoms with van der Waals surface area (Å²) in [7, 11) is 0. The predicted molar refractivity (Wildman–Crippen MR) is 66.9 cm³/mol. The van der Waals surface area contributed by atoms with Crippen LogP contribution in [0.25, 0.3) is 0 Å². The highest BCUT2D eigenvalue weighted by atomic mass is 19.1. The average molecular weight is 283 g/mol. The summed E-state index contributed by atoms with van der Waals surface area (Å²) >= 11 is 0. The maximum absolute atomic E-state index is 13.2. The number of esters is 1. The Morgan fingerprint density at radius 2 is 2.15 bits per heavy atom. The maximum atomic E-state index is 13.2. The van der Waals surface area contributed by atoms with Crippen LogP contribution in [-0.4, -0.2) is 30.7 Å². The molecule has 0 aromatic heterocycles. The van der Waals surface area contributed by atoms with Gasteiger partial charge in [0.05, 0.1) is 17.1 Å². The molecule has 0 radical (unpaired) electrons. The second-order valence-corrected chi connectivity index (χ2v) is 4.58. The van der Waals surface area contributed by atoms with E-state index in [-0.39, 0.29) is 18.1 Å². The molecule has 0 aliphatic carbocycles. The maximum Gasteiger partial charge on any atom is 0.338 e. The Morgan fingerprint density at radius 3 is 2.80 bits per heavy atom. The van der Waals surface area contributed by atoms with E-state index in [0.717, 1.165) is 25.0 Å². The molecule has 0 spiro atoms. The van der Waals surface area contributed by atoms with Gasteiger partial charge in [-0.3, -0.25) is 10.1 Å². The Bertz CT molecular complexity index is 513. The van der Waals surface area contributed by atoms with Gasteiger partial charge < -0.3 is 9.47 Å². The van der Waals surface area contributed by atoms with Crippen molar-refractivity contribution in [3.63, 3.8) is 0 Å². The summed E-state index contributed by atoms with van der Waals surface area (Å²) < 4.78 is 23.4. The number of hydrogen-bond donors (Lipinski definition) is 0. The van der Waals surface area contributed by atoms with Crippen LogP contribution >= 0.6 is 0 Å². The lowest BCUT2D eigenvalue weighted by atomic mass is 10.0. The molecule has 0 N–H and O–H groups in total. The number of benzene rings is 1. The van der Waals surface area contributed by atoms with E-state index in [1.54, 1.807) is 0 Å². The highest BCUT2D eigenvalue weighted by molar-refractivity contribution is 5.90. The lowest BCUT2D eigenvalue weighted by Crippen LogP contribution is -2.22. The van der Waals surface area contributed by atoms with E-state index in [1.807, 2.05) is 0 Å². The van der Waals surface area contributed by atoms with Gasteiger partial charge in [-0.25, -0.2) is 4.79 Å². The molecule has 1 saturated heterocycles. The molecule has 0 saturated carbocycles. The number of carbonyl (C=O) groups excluding carboxylic acids is 1. The van der Waals surface area contributed by atoms with Crippen molar-refractivity contribution in [3.05, 3.63) is 39.7 Å². The fraction of sp³-hybridized carbons (Fsp3) is 0.462. The molecule has 2 rings (SSSR count). The van der Waals surface area contributed by atoms with Crippen LogP contribution in [0.5, 0.6) is 0 Å². The quantitative estimate of drug-likeness (QED) is 0.481. The van der Waals surface area contributed by atoms with E-state index in [2.05, 4.69) is 0 Å². The van der Waals surface area contributed by atoms with Gasteiger partial charge in [-0.15, -0.1) is 0 Å². The summed E-state index contributed by atoms with van der Waals surface area (Å²) in [5.74, 6) is -1.42. The number of carbonyl (C=O) groups is 1. The SMILES string of the molecule is O=C(OCC1CCOCC1)c1ccc(F)c([N+](=O)[O-])c1. The second-order valence-electron chi connectivity index (χ2n) is 4.58. The fourth-order valence-electron chi connectivity index (χ4n) is 1.97. The van der Waals surface area contributed by atoms with Crippen molar-refractivity contribution in [2.75, 3.05) is 19.8 Å². The van der Waals surface area contributed by atoms with Crippen LogP contribution in [0.1, 0.15) is 23.2 Å². The average Bonchev–Trinajstić information content (AvgIpc) is 2.46. The Balaban J connectivity index is 1.98. The Labute approximate surface area is 114 Å². The van der Waals surface area contributed by atoms with Crippen LogP contribution in [0.2, 0.25) is 0 Å². The zero-order chi connectivity index (χ0) is 14.5. The topological polar surface area (TPSA) is 78.7 Å². The predicted octanol–water partition coefficient (Wildman–Crippen LogP) is 2.32. The largest absolute Gasteiger partial charge is 0.462 e. The van der Waals surface area contributed by atoms with Gasteiger partial charge in [0.15, 0.2) is 0 Å². The molecule has 1 aliphatic rings. The van der Waals surface area contributed by atoms with Crippen LogP contribution in [0.15, 0.2) is 18.2 Å². The van der Waals surface area contributed by atoms with Gasteiger partial charge in [0.25, 0.3) is 0 Å². The first kappa shape index (κ1) is 14.4. The molecule has 0 amide bonds. The van der Waals surface area contributed by atoms with Gasteiger partial charge in [-0.05, 0) is 30.9 Å². The zero-order valence-electron chi connectivity index (χ0n) is 10.7. The van der Waals surface area contributed by atoms with Gasteiger partial charge in [0.1, 0.15) is 0 Å². The molecular formula is C13H14FNO5. The minimum atomic E-state index is -0.976. The first-order chi connectivity index (χ1) is 9.58. The van der Waals surface area contributed by atoms with Gasteiger partial charge in [0.2, 0.25) is 5.82 Å². The van der Waals surface area contributed by atoms with Gasteiger partial charge >= 0.3 is 11.7 Å². The van der Waals surface area contributed by atoms with E-state index in [9.17, 15) is 19.3 Å². The Morgan fingerprint density at radius 1 is 1.45 bits per heavy atom. The van der Waals surface area contributed by atoms with E-state index in [4.69, 9.17) is 9.47 Å². The molecule has 1 aliphatic heterocycles. The third-order valence-corrected chi connectivity index (χ3v) is 3.17. The summed E-state index contributed by atoms with van der Waals surface area (Å²) in [5.41, 5.74) is -0.754. The van der Waals surface area contributed by atoms with E-state index in [0.29, 0.717) is 13.2 Å². The van der Waals surface area contributed by atoms with Crippen LogP contribution in [0, 0.1) is 21.8 Å². The molecule has 1 aromatic rings. The number of nitrogens with zero attached hydrogens (tertiary/aromatic N) is 1. The second kappa shape index (κ2) is 6.42. The lowest BCUT2D eigenvalue weighted by molar-refractivity contribution is -0.387. The van der Waals surface area contributed by atoms with Crippen LogP contribution in [-0.2, 0) is 9.47 Å². The number of rotatable bonds is 4. The van der Waals surface area contributed by atoms with E-state index >= 15 is 0 Å². The standard InChI is InChI=1S/C13H14FNO5/c14-11-2-1-10(7-12(11)15(17)18)13(16)20-8-9-3-5-19-6-4-9/h1-2,7,9H,3-6,8H2. The minimum absolute atomic E-state index is 0.0230. The number of hydrogen-bond acceptors (Lipinski definition) is 5. The lowest BCUT2D eigenvalue weighted by Gasteiger charge is -2.21. The van der Waals surface area contributed by atoms with Crippen molar-refractivity contribution in [2.24, 2.45) is 5.92 Å². The van der Waals surface area contributed by atoms with Crippen molar-refractivity contribution >= 4 is 11.7 Å². The van der Waals surface area contributed by atoms with Gasteiger partial charge in [-0.2, -0.15) is 4.39 Å². The smallest absolute Gasteiger partial charge is 0.338 e. The number of ether oxygens (including phenoxy) is 2. The molecule has 0 atom stereocenters. The third-order valence-electron chi connectivity index (χ3n) is 3.17. The van der Waals surface area contributed by atoms with Crippen molar-refractivity contribution in [1.29, 1.82) is 0 Å². The van der Waals surface area contributed by atoms with Gasteiger partial charge in [0, 0.05) is 19.3 Å². The molecule has 1 fully saturated rings. The number of nitro benzene ring substituents is 1. The summed E-state index contributed by atoms with van der Waals surface area (Å²) in [6, 6.07) is 2.96. The van der Waals surface area contributed by atoms with Crippen molar-refractivity contribution in [1.82, 2.24) is 0 Å². The zero-order valence-corrected chi connectivity index (χ0v) is 10.7. The van der Waals surface area contributed by atoms with E-state index in [1.165, 1.54) is 6.07 Å². The summed E-state index contributed by atoms with van der Waals surface area (Å²) in [6.45, 7) is 1.53. The first-order valence-electron chi connectivity index (χ1n) is 6.26. The monoisotopic (exact) mass is 283 g/mol. The molecule has 7 heteroatoms. The van der Waals surface area contributed by atoms with Crippen LogP contribution < -0.4 is 0 Å². The molecule has 1 heterocycles. The summed E-state index contributed by atoms with van der Waals surface area (Å²) in [4.78, 5) is 21.5. The number of nitro groups is 1. The fourth-order valence-corrected chi connectivity index (χ4v) is 1.97. The Kier molecular flexibility index (Phi) is 4.62. The number of halogens is 1.